The van der Waals surface area contributed by atoms with Crippen molar-refractivity contribution in [3.05, 3.63) is 0 Å². The molecule has 0 aromatic heterocycles. The second kappa shape index (κ2) is 5.50. The van der Waals surface area contributed by atoms with Gasteiger partial charge in [0.1, 0.15) is 0 Å². The molecule has 3 nitrogen and oxygen atoms in total. The number of carbonyl (C=O) groups is 1. The molecule has 0 spiro atoms. The lowest BCUT2D eigenvalue weighted by Crippen LogP contribution is -2.53. The average Bonchev–Trinajstić information content (AvgIpc) is 2.18. The molecule has 0 radical (unpaired) electrons. The zero-order chi connectivity index (χ0) is 11.3. The van der Waals surface area contributed by atoms with E-state index in [1.54, 1.807) is 0 Å². The number of aliphatic hydroxyl groups excluding tert-OH is 1. The maximum atomic E-state index is 11.6. The summed E-state index contributed by atoms with van der Waals surface area (Å²) in [6, 6.07) is 0. The zero-order valence-electron chi connectivity index (χ0n) is 9.88. The first-order valence-electron chi connectivity index (χ1n) is 6.04. The Morgan fingerprint density at radius 1 is 1.60 bits per heavy atom. The minimum atomic E-state index is -0.329. The molecule has 2 atom stereocenters. The summed E-state index contributed by atoms with van der Waals surface area (Å²) in [5, 5.41) is 12.5. The van der Waals surface area contributed by atoms with Crippen LogP contribution in [0.5, 0.6) is 0 Å². The van der Waals surface area contributed by atoms with Crippen molar-refractivity contribution in [3.8, 4) is 0 Å². The summed E-state index contributed by atoms with van der Waals surface area (Å²) in [5.74, 6) is 0.688. The number of nitrogens with one attached hydrogen (secondary N) is 1. The number of hydrogen-bond donors (Lipinski definition) is 2. The Bertz CT molecular complexity index is 218. The molecule has 1 fully saturated rings. The number of carbonyl (C=O) groups excluding carboxylic acids is 1. The van der Waals surface area contributed by atoms with E-state index in [0.717, 1.165) is 25.7 Å². The van der Waals surface area contributed by atoms with E-state index in [2.05, 4.69) is 12.2 Å². The van der Waals surface area contributed by atoms with E-state index in [0.29, 0.717) is 12.3 Å². The third-order valence-electron chi connectivity index (χ3n) is 3.28. The van der Waals surface area contributed by atoms with E-state index in [-0.39, 0.29) is 18.1 Å². The summed E-state index contributed by atoms with van der Waals surface area (Å²) in [6.45, 7) is 4.26. The van der Waals surface area contributed by atoms with Crippen molar-refractivity contribution in [1.82, 2.24) is 5.32 Å². The monoisotopic (exact) mass is 213 g/mol. The highest BCUT2D eigenvalue weighted by atomic mass is 16.3. The van der Waals surface area contributed by atoms with Crippen LogP contribution >= 0.6 is 0 Å². The molecule has 1 aliphatic rings. The Balaban J connectivity index is 2.55. The lowest BCUT2D eigenvalue weighted by molar-refractivity contribution is -0.124. The van der Waals surface area contributed by atoms with Gasteiger partial charge >= 0.3 is 0 Å². The molecule has 1 saturated carbocycles. The van der Waals surface area contributed by atoms with Gasteiger partial charge in [0.2, 0.25) is 5.91 Å². The van der Waals surface area contributed by atoms with Crippen molar-refractivity contribution in [2.24, 2.45) is 5.92 Å². The summed E-state index contributed by atoms with van der Waals surface area (Å²) < 4.78 is 0. The van der Waals surface area contributed by atoms with Crippen LogP contribution in [0.2, 0.25) is 0 Å². The van der Waals surface area contributed by atoms with Crippen LogP contribution in [-0.4, -0.2) is 23.2 Å². The average molecular weight is 213 g/mol. The van der Waals surface area contributed by atoms with Crippen LogP contribution in [0.25, 0.3) is 0 Å². The normalized spacial score (nSPS) is 31.3. The Kier molecular flexibility index (Phi) is 4.58. The molecule has 1 rings (SSSR count). The number of hydrogen-bond acceptors (Lipinski definition) is 2. The minimum absolute atomic E-state index is 0.0762. The van der Waals surface area contributed by atoms with Gasteiger partial charge in [-0.15, -0.1) is 0 Å². The van der Waals surface area contributed by atoms with Crippen LogP contribution in [0, 0.1) is 5.92 Å². The molecular weight excluding hydrogens is 190 g/mol. The first-order valence-corrected chi connectivity index (χ1v) is 6.04. The van der Waals surface area contributed by atoms with Crippen LogP contribution in [-0.2, 0) is 4.79 Å². The predicted molar refractivity (Wildman–Crippen MR) is 60.5 cm³/mol. The van der Waals surface area contributed by atoms with E-state index in [1.807, 2.05) is 6.92 Å². The van der Waals surface area contributed by atoms with Crippen LogP contribution in [0.3, 0.4) is 0 Å². The quantitative estimate of drug-likeness (QED) is 0.748. The molecule has 3 heteroatoms. The SMILES string of the molecule is CCCC(=O)NC1(CO)CCCC(C)C1. The van der Waals surface area contributed by atoms with E-state index in [9.17, 15) is 9.90 Å². The van der Waals surface area contributed by atoms with E-state index >= 15 is 0 Å². The smallest absolute Gasteiger partial charge is 0.220 e. The fourth-order valence-electron chi connectivity index (χ4n) is 2.54. The first kappa shape index (κ1) is 12.5. The van der Waals surface area contributed by atoms with Gasteiger partial charge in [-0.3, -0.25) is 4.79 Å². The fraction of sp³-hybridized carbons (Fsp3) is 0.917. The van der Waals surface area contributed by atoms with Crippen LogP contribution in [0.15, 0.2) is 0 Å². The molecule has 0 aromatic carbocycles. The van der Waals surface area contributed by atoms with E-state index < -0.39 is 0 Å². The zero-order valence-corrected chi connectivity index (χ0v) is 9.88. The van der Waals surface area contributed by atoms with Gasteiger partial charge in [-0.25, -0.2) is 0 Å². The molecule has 88 valence electrons. The minimum Gasteiger partial charge on any atom is -0.394 e. The predicted octanol–water partition coefficient (Wildman–Crippen LogP) is 1.84. The molecule has 2 N–H and O–H groups in total. The Labute approximate surface area is 92.3 Å². The highest BCUT2D eigenvalue weighted by Gasteiger charge is 2.35. The molecule has 1 aliphatic carbocycles. The van der Waals surface area contributed by atoms with Crippen molar-refractivity contribution in [2.45, 2.75) is 57.9 Å². The molecule has 1 amide bonds. The van der Waals surface area contributed by atoms with Crippen LogP contribution in [0.4, 0.5) is 0 Å². The summed E-state index contributed by atoms with van der Waals surface area (Å²) >= 11 is 0. The maximum Gasteiger partial charge on any atom is 0.220 e. The lowest BCUT2D eigenvalue weighted by Gasteiger charge is -2.39. The van der Waals surface area contributed by atoms with Gasteiger partial charge in [0.15, 0.2) is 0 Å². The van der Waals surface area contributed by atoms with Gasteiger partial charge in [0.05, 0.1) is 12.1 Å². The second-order valence-corrected chi connectivity index (χ2v) is 4.94. The lowest BCUT2D eigenvalue weighted by atomic mass is 9.77. The number of aliphatic hydroxyl groups is 1. The molecule has 0 aliphatic heterocycles. The molecule has 2 unspecified atom stereocenters. The Hall–Kier alpha value is -0.570. The molecular formula is C12H23NO2. The number of rotatable bonds is 4. The highest BCUT2D eigenvalue weighted by molar-refractivity contribution is 5.76. The van der Waals surface area contributed by atoms with Crippen LogP contribution < -0.4 is 5.32 Å². The molecule has 0 heterocycles. The van der Waals surface area contributed by atoms with Crippen molar-refractivity contribution < 1.29 is 9.90 Å². The summed E-state index contributed by atoms with van der Waals surface area (Å²) in [5.41, 5.74) is -0.329. The van der Waals surface area contributed by atoms with E-state index in [1.165, 1.54) is 6.42 Å². The van der Waals surface area contributed by atoms with Gasteiger partial charge in [-0.2, -0.15) is 0 Å². The topological polar surface area (TPSA) is 49.3 Å². The van der Waals surface area contributed by atoms with Gasteiger partial charge < -0.3 is 10.4 Å². The van der Waals surface area contributed by atoms with Crippen molar-refractivity contribution in [3.63, 3.8) is 0 Å². The van der Waals surface area contributed by atoms with Crippen LogP contribution in [0.1, 0.15) is 52.4 Å². The van der Waals surface area contributed by atoms with Gasteiger partial charge in [0, 0.05) is 6.42 Å². The third kappa shape index (κ3) is 3.49. The van der Waals surface area contributed by atoms with Crippen molar-refractivity contribution in [1.29, 1.82) is 0 Å². The first-order chi connectivity index (χ1) is 7.12. The summed E-state index contributed by atoms with van der Waals surface area (Å²) in [4.78, 5) is 11.6. The Morgan fingerprint density at radius 2 is 2.33 bits per heavy atom. The maximum absolute atomic E-state index is 11.6. The van der Waals surface area contributed by atoms with Gasteiger partial charge in [0.25, 0.3) is 0 Å². The third-order valence-corrected chi connectivity index (χ3v) is 3.28. The Morgan fingerprint density at radius 3 is 2.87 bits per heavy atom. The van der Waals surface area contributed by atoms with Gasteiger partial charge in [-0.05, 0) is 25.2 Å². The molecule has 0 aromatic rings. The van der Waals surface area contributed by atoms with Gasteiger partial charge in [-0.1, -0.05) is 26.7 Å². The second-order valence-electron chi connectivity index (χ2n) is 4.94. The fourth-order valence-corrected chi connectivity index (χ4v) is 2.54. The summed E-state index contributed by atoms with van der Waals surface area (Å²) in [6.07, 6.45) is 5.58. The highest BCUT2D eigenvalue weighted by Crippen LogP contribution is 2.31. The molecule has 0 saturated heterocycles. The standard InChI is InChI=1S/C12H23NO2/c1-3-5-11(15)13-12(9-14)7-4-6-10(2)8-12/h10,14H,3-9H2,1-2H3,(H,13,15). The molecule has 15 heavy (non-hydrogen) atoms. The largest absolute Gasteiger partial charge is 0.394 e. The van der Waals surface area contributed by atoms with E-state index in [4.69, 9.17) is 0 Å². The summed E-state index contributed by atoms with van der Waals surface area (Å²) in [7, 11) is 0. The number of amides is 1. The van der Waals surface area contributed by atoms with Crippen molar-refractivity contribution in [2.75, 3.05) is 6.61 Å². The van der Waals surface area contributed by atoms with Crippen molar-refractivity contribution >= 4 is 5.91 Å². The molecule has 0 bridgehead atoms.